The predicted octanol–water partition coefficient (Wildman–Crippen LogP) is 2.25. The number of fused-ring (bicyclic) bond motifs is 1. The summed E-state index contributed by atoms with van der Waals surface area (Å²) in [6, 6.07) is 5.23. The highest BCUT2D eigenvalue weighted by atomic mass is 16.5. The summed E-state index contributed by atoms with van der Waals surface area (Å²) in [6.07, 6.45) is -0.515. The molecule has 0 radical (unpaired) electrons. The van der Waals surface area contributed by atoms with Gasteiger partial charge in [-0.2, -0.15) is 0 Å². The fourth-order valence-electron chi connectivity index (χ4n) is 2.53. The lowest BCUT2D eigenvalue weighted by molar-refractivity contribution is -0.139. The van der Waals surface area contributed by atoms with Gasteiger partial charge in [-0.15, -0.1) is 0 Å². The van der Waals surface area contributed by atoms with E-state index in [9.17, 15) is 14.7 Å². The van der Waals surface area contributed by atoms with Crippen LogP contribution in [0.1, 0.15) is 32.3 Å². The van der Waals surface area contributed by atoms with Crippen LogP contribution >= 0.6 is 0 Å². The Balaban J connectivity index is 2.46. The molecule has 1 N–H and O–H groups in total. The number of carbonyl (C=O) groups excluding carboxylic acids is 1. The van der Waals surface area contributed by atoms with E-state index in [1.54, 1.807) is 32.2 Å². The molecule has 108 valence electrons. The molecule has 0 bridgehead atoms. The Morgan fingerprint density at radius 1 is 1.40 bits per heavy atom. The van der Waals surface area contributed by atoms with Crippen LogP contribution in [0.25, 0.3) is 0 Å². The number of carboxylic acid groups (broad SMARTS) is 1. The van der Waals surface area contributed by atoms with Crippen LogP contribution in [0, 0.1) is 5.92 Å². The fourth-order valence-corrected chi connectivity index (χ4v) is 2.53. The molecular weight excluding hydrogens is 258 g/mol. The van der Waals surface area contributed by atoms with Crippen LogP contribution in [0.4, 0.5) is 5.69 Å². The topological polar surface area (TPSA) is 66.8 Å². The Bertz CT molecular complexity index is 553. The summed E-state index contributed by atoms with van der Waals surface area (Å²) in [4.78, 5) is 24.8. The molecule has 0 fully saturated rings. The first-order valence-corrected chi connectivity index (χ1v) is 6.64. The minimum atomic E-state index is -0.862. The van der Waals surface area contributed by atoms with Gasteiger partial charge >= 0.3 is 5.97 Å². The zero-order valence-electron chi connectivity index (χ0n) is 12.1. The monoisotopic (exact) mass is 277 g/mol. The van der Waals surface area contributed by atoms with Crippen molar-refractivity contribution in [2.75, 3.05) is 11.9 Å². The first-order valence-electron chi connectivity index (χ1n) is 6.64. The zero-order valence-corrected chi connectivity index (χ0v) is 12.1. The van der Waals surface area contributed by atoms with Gasteiger partial charge in [-0.25, -0.2) is 0 Å². The molecule has 1 aliphatic heterocycles. The molecule has 2 rings (SSSR count). The van der Waals surface area contributed by atoms with Gasteiger partial charge in [0.1, 0.15) is 5.75 Å². The van der Waals surface area contributed by atoms with Crippen LogP contribution in [0.2, 0.25) is 0 Å². The number of aliphatic carboxylic acids is 1. The highest BCUT2D eigenvalue weighted by molar-refractivity contribution is 5.99. The molecule has 20 heavy (non-hydrogen) atoms. The summed E-state index contributed by atoms with van der Waals surface area (Å²) in [6.45, 7) is 5.43. The summed E-state index contributed by atoms with van der Waals surface area (Å²) < 4.78 is 5.53. The van der Waals surface area contributed by atoms with Crippen molar-refractivity contribution < 1.29 is 19.4 Å². The summed E-state index contributed by atoms with van der Waals surface area (Å²) in [7, 11) is 1.68. The van der Waals surface area contributed by atoms with Gasteiger partial charge in [-0.3, -0.25) is 9.59 Å². The van der Waals surface area contributed by atoms with E-state index in [1.165, 1.54) is 4.90 Å². The number of anilines is 1. The van der Waals surface area contributed by atoms with Crippen molar-refractivity contribution in [2.45, 2.75) is 32.8 Å². The Labute approximate surface area is 118 Å². The Morgan fingerprint density at radius 3 is 2.60 bits per heavy atom. The van der Waals surface area contributed by atoms with E-state index in [4.69, 9.17) is 4.74 Å². The fraction of sp³-hybridized carbons (Fsp3) is 0.467. The van der Waals surface area contributed by atoms with Gasteiger partial charge in [0, 0.05) is 7.05 Å². The third-order valence-corrected chi connectivity index (χ3v) is 3.62. The van der Waals surface area contributed by atoms with Gasteiger partial charge < -0.3 is 14.7 Å². The number of likely N-dealkylation sites (N-methyl/N-ethyl adjacent to an activating group) is 1. The van der Waals surface area contributed by atoms with Gasteiger partial charge in [0.25, 0.3) is 5.91 Å². The SMILES string of the molecule is CC1Oc2ccc(C(C(=O)O)C(C)C)cc2N(C)C1=O. The molecule has 5 nitrogen and oxygen atoms in total. The highest BCUT2D eigenvalue weighted by Crippen LogP contribution is 2.37. The summed E-state index contributed by atoms with van der Waals surface area (Å²) in [5.74, 6) is -1.01. The minimum absolute atomic E-state index is 0.0324. The molecule has 1 aromatic carbocycles. The van der Waals surface area contributed by atoms with Gasteiger partial charge in [0.15, 0.2) is 6.10 Å². The van der Waals surface area contributed by atoms with Crippen molar-refractivity contribution in [3.05, 3.63) is 23.8 Å². The maximum Gasteiger partial charge on any atom is 0.311 e. The summed E-state index contributed by atoms with van der Waals surface area (Å²) in [5, 5.41) is 9.35. The van der Waals surface area contributed by atoms with E-state index in [1.807, 2.05) is 13.8 Å². The lowest BCUT2D eigenvalue weighted by Crippen LogP contribution is -2.42. The normalized spacial score (nSPS) is 19.6. The quantitative estimate of drug-likeness (QED) is 0.920. The molecule has 2 atom stereocenters. The van der Waals surface area contributed by atoms with Gasteiger partial charge in [-0.1, -0.05) is 19.9 Å². The van der Waals surface area contributed by atoms with Crippen LogP contribution < -0.4 is 9.64 Å². The van der Waals surface area contributed by atoms with E-state index in [2.05, 4.69) is 0 Å². The largest absolute Gasteiger partial charge is 0.481 e. The van der Waals surface area contributed by atoms with Crippen molar-refractivity contribution in [3.8, 4) is 5.75 Å². The molecule has 0 saturated carbocycles. The summed E-state index contributed by atoms with van der Waals surface area (Å²) in [5.41, 5.74) is 1.31. The number of hydrogen-bond donors (Lipinski definition) is 1. The number of amides is 1. The third-order valence-electron chi connectivity index (χ3n) is 3.62. The molecule has 1 amide bonds. The number of hydrogen-bond acceptors (Lipinski definition) is 3. The van der Waals surface area contributed by atoms with E-state index < -0.39 is 18.0 Å². The van der Waals surface area contributed by atoms with Crippen LogP contribution in [0.15, 0.2) is 18.2 Å². The average Bonchev–Trinajstić information content (AvgIpc) is 2.36. The zero-order chi connectivity index (χ0) is 15.0. The Morgan fingerprint density at radius 2 is 2.05 bits per heavy atom. The van der Waals surface area contributed by atoms with Crippen LogP contribution in [-0.2, 0) is 9.59 Å². The van der Waals surface area contributed by atoms with E-state index in [-0.39, 0.29) is 11.8 Å². The second-order valence-corrected chi connectivity index (χ2v) is 5.44. The molecule has 0 spiro atoms. The second-order valence-electron chi connectivity index (χ2n) is 5.44. The van der Waals surface area contributed by atoms with Crippen molar-refractivity contribution in [3.63, 3.8) is 0 Å². The Hall–Kier alpha value is -2.04. The molecule has 1 heterocycles. The molecule has 0 aromatic heterocycles. The molecule has 1 aliphatic rings. The van der Waals surface area contributed by atoms with Crippen LogP contribution in [-0.4, -0.2) is 30.1 Å². The minimum Gasteiger partial charge on any atom is -0.481 e. The van der Waals surface area contributed by atoms with Crippen LogP contribution in [0.5, 0.6) is 5.75 Å². The van der Waals surface area contributed by atoms with Crippen molar-refractivity contribution in [1.82, 2.24) is 0 Å². The number of rotatable bonds is 3. The molecule has 5 heteroatoms. The summed E-state index contributed by atoms with van der Waals surface area (Å²) >= 11 is 0. The number of nitrogens with zero attached hydrogens (tertiary/aromatic N) is 1. The molecule has 0 saturated heterocycles. The average molecular weight is 277 g/mol. The molecule has 0 aliphatic carbocycles. The van der Waals surface area contributed by atoms with Crippen molar-refractivity contribution in [1.29, 1.82) is 0 Å². The lowest BCUT2D eigenvalue weighted by atomic mass is 9.88. The van der Waals surface area contributed by atoms with Crippen molar-refractivity contribution in [2.24, 2.45) is 5.92 Å². The van der Waals surface area contributed by atoms with E-state index in [0.717, 1.165) is 0 Å². The van der Waals surface area contributed by atoms with Gasteiger partial charge in [0.05, 0.1) is 11.6 Å². The lowest BCUT2D eigenvalue weighted by Gasteiger charge is -2.31. The Kier molecular flexibility index (Phi) is 3.70. The maximum atomic E-state index is 11.9. The molecule has 1 aromatic rings. The number of ether oxygens (including phenoxy) is 1. The number of carbonyl (C=O) groups is 2. The number of benzene rings is 1. The first kappa shape index (κ1) is 14.4. The second kappa shape index (κ2) is 5.15. The van der Waals surface area contributed by atoms with E-state index >= 15 is 0 Å². The van der Waals surface area contributed by atoms with Gasteiger partial charge in [0.2, 0.25) is 0 Å². The highest BCUT2D eigenvalue weighted by Gasteiger charge is 2.31. The third kappa shape index (κ3) is 2.35. The predicted molar refractivity (Wildman–Crippen MR) is 75.2 cm³/mol. The van der Waals surface area contributed by atoms with Crippen LogP contribution in [0.3, 0.4) is 0 Å². The standard InChI is InChI=1S/C15H19NO4/c1-8(2)13(15(18)19)10-5-6-12-11(7-10)16(4)14(17)9(3)20-12/h5-9,13H,1-4H3,(H,18,19). The smallest absolute Gasteiger partial charge is 0.311 e. The first-order chi connectivity index (χ1) is 9.32. The maximum absolute atomic E-state index is 11.9. The molecular formula is C15H19NO4. The van der Waals surface area contributed by atoms with E-state index in [0.29, 0.717) is 17.0 Å². The number of carboxylic acids is 1. The van der Waals surface area contributed by atoms with Gasteiger partial charge in [-0.05, 0) is 30.5 Å². The van der Waals surface area contributed by atoms with Crippen molar-refractivity contribution >= 4 is 17.6 Å². The molecule has 2 unspecified atom stereocenters.